The maximum atomic E-state index is 13.2. The number of nitrogens with two attached hydrogens (primary N) is 1. The summed E-state index contributed by atoms with van der Waals surface area (Å²) in [5.74, 6) is 2.59. The van der Waals surface area contributed by atoms with Crippen molar-refractivity contribution in [1.29, 1.82) is 0 Å². The number of nitrogens with zero attached hydrogens (tertiary/aromatic N) is 4. The summed E-state index contributed by atoms with van der Waals surface area (Å²) in [5, 5.41) is 2.07. The number of nitrogens with one attached hydrogen (secondary N) is 2. The Bertz CT molecular complexity index is 2200. The highest BCUT2D eigenvalue weighted by atomic mass is 16.6. The largest absolute Gasteiger partial charge is 0.488 e. The summed E-state index contributed by atoms with van der Waals surface area (Å²) >= 11 is 0. The minimum Gasteiger partial charge on any atom is -0.488 e. The Labute approximate surface area is 309 Å². The van der Waals surface area contributed by atoms with Gasteiger partial charge in [0, 0.05) is 37.1 Å². The zero-order chi connectivity index (χ0) is 37.2. The van der Waals surface area contributed by atoms with Crippen LogP contribution in [0.3, 0.4) is 0 Å². The zero-order valence-electron chi connectivity index (χ0n) is 31.4. The number of benzene rings is 3. The molecule has 2 amide bonds. The number of aromatic nitrogens is 4. The number of likely N-dealkylation sites (tertiary alicyclic amines) is 2. The smallest absolute Gasteiger partial charge is 0.410 e. The van der Waals surface area contributed by atoms with Gasteiger partial charge in [-0.15, -0.1) is 0 Å². The highest BCUT2D eigenvalue weighted by molar-refractivity contribution is 6.07. The molecule has 0 aliphatic carbocycles. The minimum atomic E-state index is -0.595. The van der Waals surface area contributed by atoms with Crippen LogP contribution in [0.25, 0.3) is 44.2 Å². The molecule has 0 unspecified atom stereocenters. The maximum absolute atomic E-state index is 13.2. The molecular formula is C41H49N7O5. The van der Waals surface area contributed by atoms with Gasteiger partial charge in [0.15, 0.2) is 0 Å². The fourth-order valence-corrected chi connectivity index (χ4v) is 8.14. The van der Waals surface area contributed by atoms with Gasteiger partial charge < -0.3 is 34.8 Å². The second-order valence-electron chi connectivity index (χ2n) is 16.2. The quantitative estimate of drug-likeness (QED) is 0.159. The van der Waals surface area contributed by atoms with Crippen molar-refractivity contribution in [3.05, 3.63) is 65.9 Å². The molecule has 4 atom stereocenters. The molecule has 5 heterocycles. The zero-order valence-corrected chi connectivity index (χ0v) is 31.4. The number of ether oxygens (including phenoxy) is 3. The fraction of sp³-hybridized carbons (Fsp3) is 0.463. The molecule has 0 bridgehead atoms. The van der Waals surface area contributed by atoms with E-state index >= 15 is 0 Å². The number of carbonyl (C=O) groups is 2. The van der Waals surface area contributed by atoms with Crippen LogP contribution in [0.5, 0.6) is 5.75 Å². The first-order valence-electron chi connectivity index (χ1n) is 18.7. The van der Waals surface area contributed by atoms with Gasteiger partial charge in [-0.05, 0) is 92.3 Å². The van der Waals surface area contributed by atoms with Crippen LogP contribution in [0.15, 0.2) is 48.7 Å². The van der Waals surface area contributed by atoms with Gasteiger partial charge >= 0.3 is 6.09 Å². The van der Waals surface area contributed by atoms with E-state index < -0.39 is 11.6 Å². The molecule has 53 heavy (non-hydrogen) atoms. The summed E-state index contributed by atoms with van der Waals surface area (Å²) in [7, 11) is 1.69. The van der Waals surface area contributed by atoms with E-state index in [1.165, 1.54) is 0 Å². The molecule has 5 aromatic rings. The van der Waals surface area contributed by atoms with E-state index in [0.717, 1.165) is 86.4 Å². The van der Waals surface area contributed by atoms with Crippen LogP contribution in [0, 0.1) is 11.8 Å². The average Bonchev–Trinajstić information content (AvgIpc) is 3.95. The molecule has 278 valence electrons. The highest BCUT2D eigenvalue weighted by Crippen LogP contribution is 2.43. The predicted octanol–water partition coefficient (Wildman–Crippen LogP) is 7.26. The second kappa shape index (κ2) is 13.5. The van der Waals surface area contributed by atoms with Crippen molar-refractivity contribution in [2.75, 3.05) is 26.8 Å². The third kappa shape index (κ3) is 6.52. The first-order chi connectivity index (χ1) is 25.4. The van der Waals surface area contributed by atoms with Gasteiger partial charge in [0.05, 0.1) is 47.7 Å². The van der Waals surface area contributed by atoms with E-state index in [-0.39, 0.29) is 35.9 Å². The van der Waals surface area contributed by atoms with E-state index in [2.05, 4.69) is 52.4 Å². The molecule has 3 aromatic carbocycles. The molecular weight excluding hydrogens is 670 g/mol. The lowest BCUT2D eigenvalue weighted by Crippen LogP contribution is -2.46. The molecule has 0 spiro atoms. The molecule has 2 fully saturated rings. The van der Waals surface area contributed by atoms with Gasteiger partial charge in [0.25, 0.3) is 0 Å². The normalized spacial score (nSPS) is 20.6. The Morgan fingerprint density at radius 1 is 1.04 bits per heavy atom. The number of carbonyl (C=O) groups excluding carboxylic acids is 2. The van der Waals surface area contributed by atoms with Gasteiger partial charge in [0.1, 0.15) is 29.6 Å². The summed E-state index contributed by atoms with van der Waals surface area (Å²) in [6.45, 7) is 11.8. The van der Waals surface area contributed by atoms with Crippen molar-refractivity contribution < 1.29 is 23.8 Å². The van der Waals surface area contributed by atoms with Gasteiger partial charge in [-0.25, -0.2) is 14.8 Å². The number of amides is 2. The number of methoxy groups -OCH3 is 1. The number of aromatic amines is 2. The third-order valence-electron chi connectivity index (χ3n) is 10.9. The van der Waals surface area contributed by atoms with Crippen molar-refractivity contribution in [2.45, 2.75) is 84.2 Å². The Hall–Kier alpha value is -4.94. The summed E-state index contributed by atoms with van der Waals surface area (Å²) in [4.78, 5) is 47.0. The minimum absolute atomic E-state index is 0.0141. The Balaban J connectivity index is 1.06. The SMILES string of the molecule is COC[C@H]1C[C@@H](c2ncc(-c3ccc4c(c3)COc3cc5c(ccc6[nH]c([C@@H]7CCCN7C(=O)[C@@H](N)C(C)C)nc65)cc3-4)[nH]2)N(C(=O)OC(C)(C)C)C1. The highest BCUT2D eigenvalue weighted by Gasteiger charge is 2.40. The lowest BCUT2D eigenvalue weighted by atomic mass is 9.92. The molecule has 0 saturated carbocycles. The summed E-state index contributed by atoms with van der Waals surface area (Å²) in [5.41, 5.74) is 12.6. The monoisotopic (exact) mass is 719 g/mol. The molecule has 12 nitrogen and oxygen atoms in total. The first-order valence-corrected chi connectivity index (χ1v) is 18.7. The van der Waals surface area contributed by atoms with Gasteiger partial charge in [-0.2, -0.15) is 0 Å². The average molecular weight is 720 g/mol. The summed E-state index contributed by atoms with van der Waals surface area (Å²) in [6, 6.07) is 14.0. The van der Waals surface area contributed by atoms with E-state index in [1.807, 2.05) is 45.7 Å². The number of imidazole rings is 2. The number of H-pyrrole nitrogens is 2. The van der Waals surface area contributed by atoms with Crippen LogP contribution in [0.1, 0.15) is 83.2 Å². The molecule has 3 aliphatic heterocycles. The van der Waals surface area contributed by atoms with Gasteiger partial charge in [-0.3, -0.25) is 9.69 Å². The van der Waals surface area contributed by atoms with Crippen molar-refractivity contribution in [1.82, 2.24) is 29.7 Å². The molecule has 4 N–H and O–H groups in total. The van der Waals surface area contributed by atoms with Gasteiger partial charge in [0.2, 0.25) is 5.91 Å². The Kier molecular flexibility index (Phi) is 8.93. The topological polar surface area (TPSA) is 152 Å². The van der Waals surface area contributed by atoms with Crippen LogP contribution in [0.4, 0.5) is 4.79 Å². The van der Waals surface area contributed by atoms with Crippen LogP contribution in [-0.4, -0.2) is 80.2 Å². The molecule has 3 aliphatic rings. The van der Waals surface area contributed by atoms with Crippen molar-refractivity contribution >= 4 is 33.8 Å². The van der Waals surface area contributed by atoms with Crippen molar-refractivity contribution in [2.24, 2.45) is 17.6 Å². The third-order valence-corrected chi connectivity index (χ3v) is 10.9. The van der Waals surface area contributed by atoms with Crippen LogP contribution >= 0.6 is 0 Å². The van der Waals surface area contributed by atoms with Crippen molar-refractivity contribution in [3.8, 4) is 28.1 Å². The molecule has 12 heteroatoms. The molecule has 2 aromatic heterocycles. The standard InChI is InChI=1S/C41H49N7O5/c1-22(2)35(42)39(49)47-13-7-8-32(47)38-44-30-12-10-24-16-29-27-11-9-25(15-26(27)21-52-34(29)17-28(24)36(30)46-38)31-18-43-37(45-31)33-14-23(20-51-6)19-48(33)40(50)53-41(3,4)5/h9-12,15-18,22-23,32-33,35H,7-8,13-14,19-21,42H2,1-6H3,(H,43,45)(H,44,46)/t23-,32-,33-,35-/m0/s1. The van der Waals surface area contributed by atoms with Crippen LogP contribution in [0.2, 0.25) is 0 Å². The number of hydrogen-bond donors (Lipinski definition) is 3. The van der Waals surface area contributed by atoms with Crippen LogP contribution in [-0.2, 0) is 20.9 Å². The maximum Gasteiger partial charge on any atom is 0.410 e. The molecule has 0 radical (unpaired) electrons. The summed E-state index contributed by atoms with van der Waals surface area (Å²) < 4.78 is 17.6. The van der Waals surface area contributed by atoms with Crippen LogP contribution < -0.4 is 10.5 Å². The molecule has 2 saturated heterocycles. The van der Waals surface area contributed by atoms with E-state index in [1.54, 1.807) is 12.0 Å². The number of hydrogen-bond acceptors (Lipinski definition) is 8. The number of fused-ring (bicyclic) bond motifs is 6. The fourth-order valence-electron chi connectivity index (χ4n) is 8.14. The predicted molar refractivity (Wildman–Crippen MR) is 203 cm³/mol. The van der Waals surface area contributed by atoms with Gasteiger partial charge in [-0.1, -0.05) is 32.0 Å². The second-order valence-corrected chi connectivity index (χ2v) is 16.2. The van der Waals surface area contributed by atoms with E-state index in [4.69, 9.17) is 29.9 Å². The van der Waals surface area contributed by atoms with Crippen molar-refractivity contribution in [3.63, 3.8) is 0 Å². The molecule has 8 rings (SSSR count). The van der Waals surface area contributed by atoms with E-state index in [0.29, 0.717) is 26.3 Å². The Morgan fingerprint density at radius 3 is 2.64 bits per heavy atom. The lowest BCUT2D eigenvalue weighted by molar-refractivity contribution is -0.134. The summed E-state index contributed by atoms with van der Waals surface area (Å²) in [6.07, 6.45) is 4.00. The first kappa shape index (κ1) is 35.1. The Morgan fingerprint density at radius 2 is 1.87 bits per heavy atom. The lowest BCUT2D eigenvalue weighted by Gasteiger charge is -2.27. The number of rotatable bonds is 7. The van der Waals surface area contributed by atoms with E-state index in [9.17, 15) is 9.59 Å².